The van der Waals surface area contributed by atoms with E-state index in [0.29, 0.717) is 35.6 Å². The van der Waals surface area contributed by atoms with E-state index in [4.69, 9.17) is 14.2 Å². The number of carbonyl (C=O) groups excluding carboxylic acids is 1. The summed E-state index contributed by atoms with van der Waals surface area (Å²) in [5.41, 5.74) is -0.276. The maximum Gasteiger partial charge on any atom is 0.197 e. The third-order valence-corrected chi connectivity index (χ3v) is 7.06. The van der Waals surface area contributed by atoms with E-state index in [9.17, 15) is 15.0 Å². The molecule has 1 aromatic carbocycles. The molecule has 28 heavy (non-hydrogen) atoms. The van der Waals surface area contributed by atoms with Gasteiger partial charge < -0.3 is 24.4 Å². The van der Waals surface area contributed by atoms with Gasteiger partial charge in [0, 0.05) is 30.4 Å². The van der Waals surface area contributed by atoms with Gasteiger partial charge in [-0.1, -0.05) is 6.07 Å². The number of fused-ring (bicyclic) bond motifs is 1. The normalized spacial score (nSPS) is 34.3. The number of likely N-dealkylation sites (N-methyl/N-ethyl adjacent to an activating group) is 1. The number of nitrogens with zero attached hydrogens (tertiary/aromatic N) is 1. The molecule has 0 aromatic heterocycles. The first-order valence-electron chi connectivity index (χ1n) is 9.46. The van der Waals surface area contributed by atoms with Crippen molar-refractivity contribution in [2.24, 2.45) is 5.92 Å². The van der Waals surface area contributed by atoms with E-state index in [2.05, 4.69) is 4.90 Å². The van der Waals surface area contributed by atoms with E-state index in [1.54, 1.807) is 13.2 Å². The highest BCUT2D eigenvalue weighted by Gasteiger charge is 2.64. The molecule has 2 aliphatic carbocycles. The van der Waals surface area contributed by atoms with Crippen LogP contribution in [0.25, 0.3) is 0 Å². The average Bonchev–Trinajstić information content (AvgIpc) is 2.70. The number of ether oxygens (including phenoxy) is 3. The number of hydrogen-bond acceptors (Lipinski definition) is 7. The van der Waals surface area contributed by atoms with Gasteiger partial charge in [-0.25, -0.2) is 0 Å². The zero-order valence-corrected chi connectivity index (χ0v) is 16.7. The average molecular weight is 389 g/mol. The first kappa shape index (κ1) is 19.2. The lowest BCUT2D eigenvalue weighted by Gasteiger charge is -2.62. The summed E-state index contributed by atoms with van der Waals surface area (Å²) in [5, 5.41) is 21.7. The van der Waals surface area contributed by atoms with Crippen LogP contribution in [0.5, 0.6) is 11.5 Å². The molecule has 2 N–H and O–H groups in total. The molecule has 4 rings (SSSR count). The summed E-state index contributed by atoms with van der Waals surface area (Å²) in [7, 11) is 6.57. The SMILES string of the molecule is COC1=CC2[C@H]3N(C)CC[C@]2(CC1=O)c1c(ccc(OC)c1O)[C@]3(CO)OC. The van der Waals surface area contributed by atoms with Gasteiger partial charge in [-0.15, -0.1) is 0 Å². The van der Waals surface area contributed by atoms with Crippen LogP contribution in [-0.2, 0) is 25.3 Å². The Kier molecular flexibility index (Phi) is 4.45. The third kappa shape index (κ3) is 2.18. The number of ketones is 1. The van der Waals surface area contributed by atoms with E-state index in [-0.39, 0.29) is 36.5 Å². The Balaban J connectivity index is 2.10. The summed E-state index contributed by atoms with van der Waals surface area (Å²) in [6.45, 7) is 0.458. The minimum Gasteiger partial charge on any atom is -0.504 e. The Morgan fingerprint density at radius 1 is 1.25 bits per heavy atom. The Labute approximate surface area is 164 Å². The topological polar surface area (TPSA) is 88.5 Å². The molecule has 1 heterocycles. The van der Waals surface area contributed by atoms with E-state index < -0.39 is 11.0 Å². The Hall–Kier alpha value is -2.09. The lowest BCUT2D eigenvalue weighted by atomic mass is 9.50. The molecular formula is C21H27NO6. The van der Waals surface area contributed by atoms with Gasteiger partial charge in [-0.05, 0) is 37.7 Å². The van der Waals surface area contributed by atoms with Crippen LogP contribution in [0.1, 0.15) is 24.0 Å². The van der Waals surface area contributed by atoms with Gasteiger partial charge in [0.2, 0.25) is 0 Å². The number of aliphatic hydroxyl groups excluding tert-OH is 1. The summed E-state index contributed by atoms with van der Waals surface area (Å²) in [5.74, 6) is 0.446. The van der Waals surface area contributed by atoms with Crippen molar-refractivity contribution in [3.8, 4) is 11.5 Å². The Morgan fingerprint density at radius 2 is 2.00 bits per heavy atom. The van der Waals surface area contributed by atoms with E-state index in [1.807, 2.05) is 19.2 Å². The number of hydrogen-bond donors (Lipinski definition) is 2. The van der Waals surface area contributed by atoms with Crippen LogP contribution in [0, 0.1) is 5.92 Å². The second-order valence-electron chi connectivity index (χ2n) is 7.98. The van der Waals surface area contributed by atoms with Crippen molar-refractivity contribution in [3.05, 3.63) is 35.1 Å². The minimum absolute atomic E-state index is 0.0185. The van der Waals surface area contributed by atoms with Gasteiger partial charge in [0.05, 0.1) is 26.9 Å². The second-order valence-corrected chi connectivity index (χ2v) is 7.98. The van der Waals surface area contributed by atoms with Gasteiger partial charge >= 0.3 is 0 Å². The van der Waals surface area contributed by atoms with Crippen molar-refractivity contribution in [3.63, 3.8) is 0 Å². The predicted molar refractivity (Wildman–Crippen MR) is 101 cm³/mol. The number of benzene rings is 1. The van der Waals surface area contributed by atoms with Crippen LogP contribution < -0.4 is 4.74 Å². The molecule has 0 amide bonds. The van der Waals surface area contributed by atoms with Gasteiger partial charge in [0.1, 0.15) is 5.60 Å². The number of aromatic hydroxyl groups is 1. The zero-order chi connectivity index (χ0) is 20.3. The smallest absolute Gasteiger partial charge is 0.197 e. The summed E-state index contributed by atoms with van der Waals surface area (Å²) >= 11 is 0. The number of piperidine rings is 1. The number of Topliss-reactive ketones (excluding diaryl/α,β-unsaturated/α-hetero) is 1. The molecule has 2 bridgehead atoms. The lowest BCUT2D eigenvalue weighted by molar-refractivity contribution is -0.160. The Bertz CT molecular complexity index is 846. The molecule has 7 heteroatoms. The standard InChI is InChI=1S/C21H27NO6/c1-22-8-7-20-10-14(24)16(27-3)9-13(20)19(22)21(11-23,28-4)12-5-6-15(26-2)18(25)17(12)20/h5-6,9,13,19,23,25H,7-8,10-11H2,1-4H3/t13?,19-,20-,21+/m1/s1. The van der Waals surface area contributed by atoms with Crippen LogP contribution in [-0.4, -0.2) is 68.5 Å². The first-order valence-corrected chi connectivity index (χ1v) is 9.46. The van der Waals surface area contributed by atoms with Crippen LogP contribution in [0.3, 0.4) is 0 Å². The molecule has 1 fully saturated rings. The molecule has 152 valence electrons. The van der Waals surface area contributed by atoms with Gasteiger partial charge in [0.25, 0.3) is 0 Å². The quantitative estimate of drug-likeness (QED) is 0.803. The third-order valence-electron chi connectivity index (χ3n) is 7.06. The number of phenolic OH excluding ortho intramolecular Hbond substituents is 1. The van der Waals surface area contributed by atoms with Crippen LogP contribution >= 0.6 is 0 Å². The van der Waals surface area contributed by atoms with Gasteiger partial charge in [-0.3, -0.25) is 9.69 Å². The Morgan fingerprint density at radius 3 is 2.61 bits per heavy atom. The fourth-order valence-electron chi connectivity index (χ4n) is 5.78. The molecule has 7 nitrogen and oxygen atoms in total. The molecule has 3 aliphatic rings. The molecule has 1 unspecified atom stereocenters. The molecule has 4 atom stereocenters. The molecule has 0 saturated carbocycles. The fraction of sp³-hybridized carbons (Fsp3) is 0.571. The number of likely N-dealkylation sites (tertiary alicyclic amines) is 1. The molecule has 0 radical (unpaired) electrons. The monoisotopic (exact) mass is 389 g/mol. The van der Waals surface area contributed by atoms with Crippen molar-refractivity contribution < 1.29 is 29.2 Å². The highest BCUT2D eigenvalue weighted by molar-refractivity contribution is 5.96. The van der Waals surface area contributed by atoms with E-state index >= 15 is 0 Å². The summed E-state index contributed by atoms with van der Waals surface area (Å²) in [6.07, 6.45) is 2.79. The van der Waals surface area contributed by atoms with Crippen LogP contribution in [0.15, 0.2) is 24.0 Å². The van der Waals surface area contributed by atoms with Crippen LogP contribution in [0.4, 0.5) is 0 Å². The van der Waals surface area contributed by atoms with E-state index in [1.165, 1.54) is 14.2 Å². The van der Waals surface area contributed by atoms with Crippen LogP contribution in [0.2, 0.25) is 0 Å². The second kappa shape index (κ2) is 6.47. The maximum atomic E-state index is 12.8. The highest BCUT2D eigenvalue weighted by atomic mass is 16.5. The van der Waals surface area contributed by atoms with Crippen molar-refractivity contribution in [2.75, 3.05) is 41.5 Å². The van der Waals surface area contributed by atoms with Crippen molar-refractivity contribution in [1.29, 1.82) is 0 Å². The molecule has 0 spiro atoms. The highest BCUT2D eigenvalue weighted by Crippen LogP contribution is 2.62. The van der Waals surface area contributed by atoms with Gasteiger partial charge in [-0.2, -0.15) is 0 Å². The number of aliphatic hydroxyl groups is 1. The number of allylic oxidation sites excluding steroid dienone is 1. The summed E-state index contributed by atoms with van der Waals surface area (Å²) in [6, 6.07) is 3.32. The van der Waals surface area contributed by atoms with Crippen molar-refractivity contribution >= 4 is 5.78 Å². The number of phenols is 1. The van der Waals surface area contributed by atoms with Crippen molar-refractivity contribution in [1.82, 2.24) is 4.90 Å². The number of methoxy groups -OCH3 is 3. The molecule has 1 saturated heterocycles. The van der Waals surface area contributed by atoms with Gasteiger partial charge in [0.15, 0.2) is 23.0 Å². The summed E-state index contributed by atoms with van der Waals surface area (Å²) in [4.78, 5) is 15.0. The number of carbonyl (C=O) groups is 1. The molecule has 1 aliphatic heterocycles. The lowest BCUT2D eigenvalue weighted by Crippen LogP contribution is -2.69. The van der Waals surface area contributed by atoms with Crippen molar-refractivity contribution in [2.45, 2.75) is 29.9 Å². The number of rotatable bonds is 4. The largest absolute Gasteiger partial charge is 0.504 e. The molecule has 1 aromatic rings. The maximum absolute atomic E-state index is 12.8. The van der Waals surface area contributed by atoms with E-state index in [0.717, 1.165) is 0 Å². The molecular weight excluding hydrogens is 362 g/mol. The minimum atomic E-state index is -1.04. The summed E-state index contributed by atoms with van der Waals surface area (Å²) < 4.78 is 16.7. The first-order chi connectivity index (χ1) is 13.4. The predicted octanol–water partition coefficient (Wildman–Crippen LogP) is 1.31. The fourth-order valence-corrected chi connectivity index (χ4v) is 5.78. The zero-order valence-electron chi connectivity index (χ0n) is 16.7.